The van der Waals surface area contributed by atoms with E-state index in [4.69, 9.17) is 5.73 Å². The molecular weight excluding hydrogens is 130 g/mol. The topological polar surface area (TPSA) is 49.6 Å². The van der Waals surface area contributed by atoms with Crippen molar-refractivity contribution in [3.05, 3.63) is 0 Å². The zero-order valence-corrected chi connectivity index (χ0v) is 6.37. The molecule has 0 aromatic rings. The minimum Gasteiger partial charge on any atom is -0.328 e. The number of rotatable bonds is 1. The Hall–Kier alpha value is -0.770. The van der Waals surface area contributed by atoms with Crippen molar-refractivity contribution < 1.29 is 4.79 Å². The Kier molecular flexibility index (Phi) is 1.80. The van der Waals surface area contributed by atoms with Crippen LogP contribution in [0.1, 0.15) is 0 Å². The molecule has 1 heterocycles. The van der Waals surface area contributed by atoms with Gasteiger partial charge in [-0.05, 0) is 0 Å². The lowest BCUT2D eigenvalue weighted by Crippen LogP contribution is -2.35. The maximum atomic E-state index is 11.1. The SMILES string of the molecule is CN1C[C@H](CN)N(C)C1=O. The van der Waals surface area contributed by atoms with Gasteiger partial charge in [0.2, 0.25) is 0 Å². The highest BCUT2D eigenvalue weighted by atomic mass is 16.2. The van der Waals surface area contributed by atoms with E-state index in [2.05, 4.69) is 0 Å². The Morgan fingerprint density at radius 2 is 2.30 bits per heavy atom. The van der Waals surface area contributed by atoms with Crippen LogP contribution in [-0.2, 0) is 0 Å². The van der Waals surface area contributed by atoms with Gasteiger partial charge in [0, 0.05) is 27.2 Å². The Bertz CT molecular complexity index is 148. The number of urea groups is 1. The Morgan fingerprint density at radius 1 is 1.70 bits per heavy atom. The van der Waals surface area contributed by atoms with Crippen molar-refractivity contribution in [2.75, 3.05) is 27.2 Å². The van der Waals surface area contributed by atoms with E-state index in [0.717, 1.165) is 6.54 Å². The van der Waals surface area contributed by atoms with E-state index < -0.39 is 0 Å². The van der Waals surface area contributed by atoms with Gasteiger partial charge in [-0.25, -0.2) is 4.79 Å². The maximum absolute atomic E-state index is 11.1. The zero-order chi connectivity index (χ0) is 7.72. The van der Waals surface area contributed by atoms with E-state index in [1.165, 1.54) is 0 Å². The first-order chi connectivity index (χ1) is 4.66. The second kappa shape index (κ2) is 2.46. The number of hydrogen-bond acceptors (Lipinski definition) is 2. The highest BCUT2D eigenvalue weighted by Crippen LogP contribution is 2.09. The van der Waals surface area contributed by atoms with Crippen LogP contribution in [0.3, 0.4) is 0 Å². The van der Waals surface area contributed by atoms with Gasteiger partial charge in [0.25, 0.3) is 0 Å². The number of carbonyl (C=O) groups is 1. The van der Waals surface area contributed by atoms with Crippen LogP contribution in [-0.4, -0.2) is 49.1 Å². The average molecular weight is 143 g/mol. The molecule has 1 fully saturated rings. The number of hydrogen-bond donors (Lipinski definition) is 1. The number of carbonyl (C=O) groups excluding carboxylic acids is 1. The smallest absolute Gasteiger partial charge is 0.319 e. The average Bonchev–Trinajstić information content (AvgIpc) is 2.17. The third-order valence-corrected chi connectivity index (χ3v) is 1.93. The fourth-order valence-corrected chi connectivity index (χ4v) is 1.17. The Labute approximate surface area is 60.6 Å². The highest BCUT2D eigenvalue weighted by Gasteiger charge is 2.30. The van der Waals surface area contributed by atoms with Crippen LogP contribution < -0.4 is 5.73 Å². The third-order valence-electron chi connectivity index (χ3n) is 1.93. The van der Waals surface area contributed by atoms with E-state index in [1.54, 1.807) is 23.9 Å². The molecule has 1 atom stereocenters. The molecule has 0 aromatic heterocycles. The molecule has 10 heavy (non-hydrogen) atoms. The van der Waals surface area contributed by atoms with Gasteiger partial charge >= 0.3 is 6.03 Å². The molecule has 0 unspecified atom stereocenters. The molecular formula is C6H13N3O. The van der Waals surface area contributed by atoms with E-state index in [1.807, 2.05) is 0 Å². The lowest BCUT2D eigenvalue weighted by Gasteiger charge is -2.14. The molecule has 1 aliphatic rings. The van der Waals surface area contributed by atoms with Gasteiger partial charge in [0.1, 0.15) is 0 Å². The summed E-state index contributed by atoms with van der Waals surface area (Å²) in [4.78, 5) is 14.4. The summed E-state index contributed by atoms with van der Waals surface area (Å²) in [5.74, 6) is 0. The summed E-state index contributed by atoms with van der Waals surface area (Å²) < 4.78 is 0. The molecule has 58 valence electrons. The van der Waals surface area contributed by atoms with E-state index >= 15 is 0 Å². The molecule has 0 aromatic carbocycles. The molecule has 0 saturated carbocycles. The van der Waals surface area contributed by atoms with Crippen LogP contribution >= 0.6 is 0 Å². The molecule has 0 spiro atoms. The van der Waals surface area contributed by atoms with Crippen molar-refractivity contribution in [1.29, 1.82) is 0 Å². The van der Waals surface area contributed by atoms with Crippen LogP contribution in [0.5, 0.6) is 0 Å². The number of likely N-dealkylation sites (N-methyl/N-ethyl adjacent to an activating group) is 2. The lowest BCUT2D eigenvalue weighted by molar-refractivity contribution is 0.201. The van der Waals surface area contributed by atoms with E-state index in [-0.39, 0.29) is 12.1 Å². The predicted molar refractivity (Wildman–Crippen MR) is 38.6 cm³/mol. The third kappa shape index (κ3) is 0.945. The van der Waals surface area contributed by atoms with E-state index in [9.17, 15) is 4.79 Å². The molecule has 4 heteroatoms. The van der Waals surface area contributed by atoms with Crippen LogP contribution in [0, 0.1) is 0 Å². The minimum absolute atomic E-state index is 0.0652. The van der Waals surface area contributed by atoms with Crippen molar-refractivity contribution >= 4 is 6.03 Å². The first kappa shape index (κ1) is 7.34. The Morgan fingerprint density at radius 3 is 2.50 bits per heavy atom. The molecule has 1 saturated heterocycles. The van der Waals surface area contributed by atoms with Gasteiger partial charge in [0.05, 0.1) is 6.04 Å². The van der Waals surface area contributed by atoms with Crippen LogP contribution in [0.2, 0.25) is 0 Å². The van der Waals surface area contributed by atoms with Crippen molar-refractivity contribution in [3.8, 4) is 0 Å². The normalized spacial score (nSPS) is 26.3. The first-order valence-electron chi connectivity index (χ1n) is 3.34. The van der Waals surface area contributed by atoms with Crippen molar-refractivity contribution in [1.82, 2.24) is 9.80 Å². The second-order valence-corrected chi connectivity index (χ2v) is 2.66. The highest BCUT2D eigenvalue weighted by molar-refractivity contribution is 5.76. The van der Waals surface area contributed by atoms with Gasteiger partial charge in [-0.2, -0.15) is 0 Å². The maximum Gasteiger partial charge on any atom is 0.319 e. The molecule has 0 aliphatic carbocycles. The standard InChI is InChI=1S/C6H13N3O/c1-8-4-5(3-7)9(2)6(8)10/h5H,3-4,7H2,1-2H3/t5-/m0/s1. The monoisotopic (exact) mass is 143 g/mol. The Balaban J connectivity index is 2.61. The van der Waals surface area contributed by atoms with Crippen molar-refractivity contribution in [2.24, 2.45) is 5.73 Å². The molecule has 2 amide bonds. The fourth-order valence-electron chi connectivity index (χ4n) is 1.17. The lowest BCUT2D eigenvalue weighted by atomic mass is 10.3. The largest absolute Gasteiger partial charge is 0.328 e. The van der Waals surface area contributed by atoms with Crippen LogP contribution in [0.15, 0.2) is 0 Å². The quantitative estimate of drug-likeness (QED) is 0.528. The van der Waals surface area contributed by atoms with Crippen molar-refractivity contribution in [3.63, 3.8) is 0 Å². The van der Waals surface area contributed by atoms with Crippen molar-refractivity contribution in [2.45, 2.75) is 6.04 Å². The fraction of sp³-hybridized carbons (Fsp3) is 0.833. The zero-order valence-electron chi connectivity index (χ0n) is 6.37. The number of nitrogens with two attached hydrogens (primary N) is 1. The molecule has 0 radical (unpaired) electrons. The summed E-state index contributed by atoms with van der Waals surface area (Å²) in [5.41, 5.74) is 5.43. The van der Waals surface area contributed by atoms with Gasteiger partial charge < -0.3 is 15.5 Å². The summed E-state index contributed by atoms with van der Waals surface area (Å²) >= 11 is 0. The van der Waals surface area contributed by atoms with Gasteiger partial charge in [0.15, 0.2) is 0 Å². The summed E-state index contributed by atoms with van der Waals surface area (Å²) in [7, 11) is 3.57. The van der Waals surface area contributed by atoms with Gasteiger partial charge in [-0.15, -0.1) is 0 Å². The molecule has 0 bridgehead atoms. The van der Waals surface area contributed by atoms with Crippen LogP contribution in [0.4, 0.5) is 4.79 Å². The van der Waals surface area contributed by atoms with Gasteiger partial charge in [-0.1, -0.05) is 0 Å². The second-order valence-electron chi connectivity index (χ2n) is 2.66. The summed E-state index contributed by atoms with van der Waals surface area (Å²) in [6, 6.07) is 0.271. The summed E-state index contributed by atoms with van der Waals surface area (Å²) in [6.07, 6.45) is 0. The number of nitrogens with zero attached hydrogens (tertiary/aromatic N) is 2. The summed E-state index contributed by atoms with van der Waals surface area (Å²) in [6.45, 7) is 1.30. The van der Waals surface area contributed by atoms with E-state index in [0.29, 0.717) is 6.54 Å². The van der Waals surface area contributed by atoms with Crippen LogP contribution in [0.25, 0.3) is 0 Å². The predicted octanol–water partition coefficient (Wildman–Crippen LogP) is -0.689. The molecule has 2 N–H and O–H groups in total. The number of amides is 2. The van der Waals surface area contributed by atoms with Gasteiger partial charge in [-0.3, -0.25) is 0 Å². The summed E-state index contributed by atoms with van der Waals surface area (Å²) in [5, 5.41) is 0. The molecule has 1 rings (SSSR count). The minimum atomic E-state index is 0.0652. The first-order valence-corrected chi connectivity index (χ1v) is 3.34. The molecule has 1 aliphatic heterocycles. The molecule has 4 nitrogen and oxygen atoms in total.